The lowest BCUT2D eigenvalue weighted by Crippen LogP contribution is -2.31. The molecule has 8 nitrogen and oxygen atoms in total. The molecule has 0 saturated heterocycles. The van der Waals surface area contributed by atoms with Gasteiger partial charge in [0.2, 0.25) is 5.91 Å². The first-order valence-corrected chi connectivity index (χ1v) is 11.7. The van der Waals surface area contributed by atoms with Crippen LogP contribution in [0.4, 0.5) is 0 Å². The van der Waals surface area contributed by atoms with E-state index in [1.165, 1.54) is 0 Å². The molecule has 0 radical (unpaired) electrons. The molecule has 35 heavy (non-hydrogen) atoms. The van der Waals surface area contributed by atoms with Gasteiger partial charge in [0.25, 0.3) is 0 Å². The SMILES string of the molecule is NC(=O)c1cccc(COCCOc2ccc(CCNCC(O)C3=CC=C(O)C(CO)C3)cc2)c1. The highest BCUT2D eigenvalue weighted by molar-refractivity contribution is 5.92. The second kappa shape index (κ2) is 13.7. The Morgan fingerprint density at radius 2 is 1.91 bits per heavy atom. The van der Waals surface area contributed by atoms with Crippen molar-refractivity contribution in [3.05, 3.63) is 88.7 Å². The number of carbonyl (C=O) groups is 1. The van der Waals surface area contributed by atoms with Gasteiger partial charge in [-0.1, -0.05) is 30.3 Å². The van der Waals surface area contributed by atoms with Crippen molar-refractivity contribution in [2.75, 3.05) is 32.9 Å². The Hall–Kier alpha value is -3.17. The zero-order valence-electron chi connectivity index (χ0n) is 19.7. The molecule has 2 atom stereocenters. The third kappa shape index (κ3) is 8.52. The number of nitrogens with two attached hydrogens (primary N) is 1. The summed E-state index contributed by atoms with van der Waals surface area (Å²) >= 11 is 0. The van der Waals surface area contributed by atoms with Crippen molar-refractivity contribution in [3.8, 4) is 5.75 Å². The van der Waals surface area contributed by atoms with Crippen molar-refractivity contribution in [2.45, 2.75) is 25.6 Å². The van der Waals surface area contributed by atoms with Crippen LogP contribution >= 0.6 is 0 Å². The van der Waals surface area contributed by atoms with E-state index in [1.54, 1.807) is 30.4 Å². The van der Waals surface area contributed by atoms with E-state index >= 15 is 0 Å². The van der Waals surface area contributed by atoms with Crippen LogP contribution in [0.15, 0.2) is 72.0 Å². The van der Waals surface area contributed by atoms with E-state index in [9.17, 15) is 20.1 Å². The summed E-state index contributed by atoms with van der Waals surface area (Å²) in [4.78, 5) is 11.2. The normalized spacial score (nSPS) is 16.3. The molecule has 0 saturated carbocycles. The van der Waals surface area contributed by atoms with Crippen molar-refractivity contribution >= 4 is 5.91 Å². The van der Waals surface area contributed by atoms with Crippen LogP contribution in [0.1, 0.15) is 27.9 Å². The van der Waals surface area contributed by atoms with Crippen LogP contribution in [-0.2, 0) is 17.8 Å². The number of benzene rings is 2. The molecule has 0 aliphatic heterocycles. The monoisotopic (exact) mass is 482 g/mol. The molecule has 1 aliphatic rings. The molecule has 6 N–H and O–H groups in total. The predicted molar refractivity (Wildman–Crippen MR) is 133 cm³/mol. The highest BCUT2D eigenvalue weighted by Gasteiger charge is 2.22. The Morgan fingerprint density at radius 1 is 1.11 bits per heavy atom. The van der Waals surface area contributed by atoms with Crippen molar-refractivity contribution in [2.24, 2.45) is 11.7 Å². The first-order chi connectivity index (χ1) is 17.0. The average Bonchev–Trinajstić information content (AvgIpc) is 2.87. The van der Waals surface area contributed by atoms with Gasteiger partial charge in [-0.15, -0.1) is 0 Å². The molecule has 2 aromatic rings. The van der Waals surface area contributed by atoms with Gasteiger partial charge in [0.05, 0.1) is 31.7 Å². The van der Waals surface area contributed by atoms with Crippen LogP contribution in [0.2, 0.25) is 0 Å². The van der Waals surface area contributed by atoms with Crippen molar-refractivity contribution in [1.29, 1.82) is 0 Å². The predicted octanol–water partition coefficient (Wildman–Crippen LogP) is 2.25. The van der Waals surface area contributed by atoms with Crippen LogP contribution in [0.25, 0.3) is 0 Å². The van der Waals surface area contributed by atoms with Crippen molar-refractivity contribution < 1.29 is 29.6 Å². The minimum Gasteiger partial charge on any atom is -0.512 e. The lowest BCUT2D eigenvalue weighted by Gasteiger charge is -2.23. The van der Waals surface area contributed by atoms with E-state index < -0.39 is 12.0 Å². The molecule has 0 spiro atoms. The highest BCUT2D eigenvalue weighted by atomic mass is 16.5. The Bertz CT molecular complexity index is 1020. The van der Waals surface area contributed by atoms with Gasteiger partial charge >= 0.3 is 0 Å². The molecular weight excluding hydrogens is 448 g/mol. The topological polar surface area (TPSA) is 134 Å². The molecule has 0 fully saturated rings. The molecule has 2 aromatic carbocycles. The van der Waals surface area contributed by atoms with E-state index in [-0.39, 0.29) is 18.3 Å². The maximum atomic E-state index is 11.2. The molecule has 3 rings (SSSR count). The number of hydrogen-bond donors (Lipinski definition) is 5. The summed E-state index contributed by atoms with van der Waals surface area (Å²) in [6, 6.07) is 14.9. The molecule has 8 heteroatoms. The number of ether oxygens (including phenoxy) is 2. The standard InChI is InChI=1S/C27H34N2O6/c28-27(33)22-3-1-2-20(14-22)18-34-12-13-35-24-7-4-19(5-8-24)10-11-29-16-26(32)21-6-9-25(31)23(15-21)17-30/h1-9,14,23,26,29-32H,10-13,15-18H2,(H2,28,33). The third-order valence-corrected chi connectivity index (χ3v) is 5.85. The largest absolute Gasteiger partial charge is 0.512 e. The number of rotatable bonds is 14. The summed E-state index contributed by atoms with van der Waals surface area (Å²) in [5.41, 5.74) is 8.59. The summed E-state index contributed by atoms with van der Waals surface area (Å²) in [6.07, 6.45) is 3.87. The molecule has 0 bridgehead atoms. The minimum atomic E-state index is -0.654. The van der Waals surface area contributed by atoms with Crippen LogP contribution in [0.5, 0.6) is 5.75 Å². The van der Waals surface area contributed by atoms with Gasteiger partial charge in [-0.25, -0.2) is 0 Å². The summed E-state index contributed by atoms with van der Waals surface area (Å²) in [6.45, 7) is 2.18. The molecule has 1 aliphatic carbocycles. The molecule has 1 amide bonds. The van der Waals surface area contributed by atoms with Crippen molar-refractivity contribution in [1.82, 2.24) is 5.32 Å². The lowest BCUT2D eigenvalue weighted by atomic mass is 9.90. The van der Waals surface area contributed by atoms with Gasteiger partial charge < -0.3 is 35.8 Å². The number of aliphatic hydroxyl groups is 3. The summed E-state index contributed by atoms with van der Waals surface area (Å²) in [5.74, 6) is 0.122. The van der Waals surface area contributed by atoms with Gasteiger partial charge in [0.15, 0.2) is 0 Å². The third-order valence-electron chi connectivity index (χ3n) is 5.85. The number of amides is 1. The smallest absolute Gasteiger partial charge is 0.248 e. The fraction of sp³-hybridized carbons (Fsp3) is 0.370. The van der Waals surface area contributed by atoms with E-state index in [0.717, 1.165) is 28.9 Å². The molecule has 188 valence electrons. The van der Waals surface area contributed by atoms with Crippen LogP contribution in [-0.4, -0.2) is 60.2 Å². The Labute approximate surface area is 205 Å². The second-order valence-corrected chi connectivity index (χ2v) is 8.50. The molecule has 2 unspecified atom stereocenters. The van der Waals surface area contributed by atoms with Crippen LogP contribution < -0.4 is 15.8 Å². The Kier molecular flexibility index (Phi) is 10.3. The molecule has 0 aromatic heterocycles. The number of primary amides is 1. The lowest BCUT2D eigenvalue weighted by molar-refractivity contribution is 0.0887. The summed E-state index contributed by atoms with van der Waals surface area (Å²) < 4.78 is 11.3. The number of aliphatic hydroxyl groups excluding tert-OH is 3. The Balaban J connectivity index is 1.29. The average molecular weight is 483 g/mol. The fourth-order valence-corrected chi connectivity index (χ4v) is 3.77. The molecular formula is C27H34N2O6. The maximum absolute atomic E-state index is 11.2. The summed E-state index contributed by atoms with van der Waals surface area (Å²) in [5, 5.41) is 32.6. The fourth-order valence-electron chi connectivity index (χ4n) is 3.77. The zero-order valence-corrected chi connectivity index (χ0v) is 19.7. The van der Waals surface area contributed by atoms with Gasteiger partial charge in [-0.2, -0.15) is 0 Å². The first-order valence-electron chi connectivity index (χ1n) is 11.7. The van der Waals surface area contributed by atoms with E-state index in [4.69, 9.17) is 15.2 Å². The van der Waals surface area contributed by atoms with E-state index in [2.05, 4.69) is 5.32 Å². The quantitative estimate of drug-likeness (QED) is 0.261. The number of allylic oxidation sites excluding steroid dienone is 2. The summed E-state index contributed by atoms with van der Waals surface area (Å²) in [7, 11) is 0. The second-order valence-electron chi connectivity index (χ2n) is 8.50. The number of hydrogen-bond acceptors (Lipinski definition) is 7. The van der Waals surface area contributed by atoms with Gasteiger partial charge in [-0.05, 0) is 66.4 Å². The number of carbonyl (C=O) groups excluding carboxylic acids is 1. The molecule has 0 heterocycles. The van der Waals surface area contributed by atoms with Crippen molar-refractivity contribution in [3.63, 3.8) is 0 Å². The van der Waals surface area contributed by atoms with Crippen LogP contribution in [0, 0.1) is 5.92 Å². The van der Waals surface area contributed by atoms with E-state index in [1.807, 2.05) is 30.3 Å². The maximum Gasteiger partial charge on any atom is 0.248 e. The van der Waals surface area contributed by atoms with Gasteiger partial charge in [-0.3, -0.25) is 4.79 Å². The Morgan fingerprint density at radius 3 is 2.66 bits per heavy atom. The van der Waals surface area contributed by atoms with Gasteiger partial charge in [0, 0.05) is 18.0 Å². The van der Waals surface area contributed by atoms with E-state index in [0.29, 0.717) is 44.9 Å². The number of nitrogens with one attached hydrogen (secondary N) is 1. The highest BCUT2D eigenvalue weighted by Crippen LogP contribution is 2.25. The zero-order chi connectivity index (χ0) is 25.0. The minimum absolute atomic E-state index is 0.139. The first kappa shape index (κ1) is 26.4. The van der Waals surface area contributed by atoms with Gasteiger partial charge in [0.1, 0.15) is 12.4 Å². The van der Waals surface area contributed by atoms with Crippen LogP contribution in [0.3, 0.4) is 0 Å².